The van der Waals surface area contributed by atoms with Crippen LogP contribution < -0.4 is 9.47 Å². The van der Waals surface area contributed by atoms with Crippen LogP contribution in [-0.4, -0.2) is 65.9 Å². The maximum Gasteiger partial charge on any atom is 0.162 e. The summed E-state index contributed by atoms with van der Waals surface area (Å²) >= 11 is 0. The molecule has 1 fully saturated rings. The molecule has 0 radical (unpaired) electrons. The fraction of sp³-hybridized carbons (Fsp3) is 0.357. The van der Waals surface area contributed by atoms with E-state index in [1.54, 1.807) is 0 Å². The first kappa shape index (κ1) is 27.3. The van der Waals surface area contributed by atoms with Gasteiger partial charge >= 0.3 is 0 Å². The van der Waals surface area contributed by atoms with Crippen LogP contribution in [0.25, 0.3) is 0 Å². The van der Waals surface area contributed by atoms with Gasteiger partial charge in [-0.15, -0.1) is 24.8 Å². The normalized spacial score (nSPS) is 21.0. The van der Waals surface area contributed by atoms with E-state index in [9.17, 15) is 5.11 Å². The summed E-state index contributed by atoms with van der Waals surface area (Å²) in [5.41, 5.74) is 2.01. The molecule has 0 spiro atoms. The Morgan fingerprint density at radius 1 is 0.743 bits per heavy atom. The second-order valence-electron chi connectivity index (χ2n) is 9.14. The Morgan fingerprint density at radius 3 is 1.77 bits per heavy atom. The average Bonchev–Trinajstić information content (AvgIpc) is 2.87. The number of fused-ring (bicyclic) bond motifs is 1. The van der Waals surface area contributed by atoms with E-state index in [4.69, 9.17) is 9.47 Å². The first-order valence-electron chi connectivity index (χ1n) is 11.8. The van der Waals surface area contributed by atoms with Gasteiger partial charge in [-0.2, -0.15) is 0 Å². The number of hydrogen-bond donors (Lipinski definition) is 1. The number of aliphatic hydroxyl groups excluding tert-OH is 1. The lowest BCUT2D eigenvalue weighted by Crippen LogP contribution is -2.63. The fourth-order valence-corrected chi connectivity index (χ4v) is 5.21. The van der Waals surface area contributed by atoms with E-state index in [0.29, 0.717) is 6.61 Å². The predicted molar refractivity (Wildman–Crippen MR) is 144 cm³/mol. The molecule has 3 aromatic carbocycles. The Kier molecular flexibility index (Phi) is 9.45. The SMILES string of the molecule is CC1(C(CO)N2CCN(C(c3ccccc3)c3ccccc3)CC2)COc2ccccc2O1.Cl.Cl. The number of halogens is 2. The number of ether oxygens (including phenoxy) is 2. The topological polar surface area (TPSA) is 45.2 Å². The molecular weight excluding hydrogens is 483 g/mol. The molecule has 2 aliphatic rings. The van der Waals surface area contributed by atoms with E-state index in [1.165, 1.54) is 11.1 Å². The largest absolute Gasteiger partial charge is 0.485 e. The van der Waals surface area contributed by atoms with Crippen LogP contribution in [0, 0.1) is 0 Å². The molecule has 2 unspecified atom stereocenters. The van der Waals surface area contributed by atoms with E-state index in [2.05, 4.69) is 70.5 Å². The molecule has 0 aliphatic carbocycles. The van der Waals surface area contributed by atoms with Crippen molar-refractivity contribution in [3.05, 3.63) is 96.1 Å². The number of rotatable bonds is 6. The fourth-order valence-electron chi connectivity index (χ4n) is 5.21. The van der Waals surface area contributed by atoms with E-state index in [0.717, 1.165) is 37.7 Å². The summed E-state index contributed by atoms with van der Waals surface area (Å²) in [6.07, 6.45) is 0. The smallest absolute Gasteiger partial charge is 0.162 e. The molecule has 7 heteroatoms. The summed E-state index contributed by atoms with van der Waals surface area (Å²) < 4.78 is 12.4. The van der Waals surface area contributed by atoms with Crippen molar-refractivity contribution in [1.82, 2.24) is 9.80 Å². The Morgan fingerprint density at radius 2 is 1.23 bits per heavy atom. The molecule has 0 aromatic heterocycles. The molecule has 2 heterocycles. The van der Waals surface area contributed by atoms with Crippen molar-refractivity contribution in [2.75, 3.05) is 39.4 Å². The van der Waals surface area contributed by atoms with Crippen LogP contribution in [0.3, 0.4) is 0 Å². The van der Waals surface area contributed by atoms with Crippen LogP contribution in [0.2, 0.25) is 0 Å². The zero-order valence-corrected chi connectivity index (χ0v) is 21.6. The zero-order chi connectivity index (χ0) is 22.7. The van der Waals surface area contributed by atoms with Gasteiger partial charge in [0.05, 0.1) is 18.7 Å². The molecule has 1 saturated heterocycles. The summed E-state index contributed by atoms with van der Waals surface area (Å²) in [5.74, 6) is 1.52. The number of benzene rings is 3. The van der Waals surface area contributed by atoms with Crippen molar-refractivity contribution < 1.29 is 14.6 Å². The van der Waals surface area contributed by atoms with Gasteiger partial charge in [0.2, 0.25) is 0 Å². The van der Waals surface area contributed by atoms with Crippen LogP contribution in [0.1, 0.15) is 24.1 Å². The van der Waals surface area contributed by atoms with Crippen LogP contribution >= 0.6 is 24.8 Å². The minimum Gasteiger partial charge on any atom is -0.485 e. The van der Waals surface area contributed by atoms with Gasteiger partial charge in [0, 0.05) is 26.2 Å². The van der Waals surface area contributed by atoms with Crippen molar-refractivity contribution in [1.29, 1.82) is 0 Å². The number of aliphatic hydroxyl groups is 1. The van der Waals surface area contributed by atoms with Gasteiger partial charge in [-0.3, -0.25) is 9.80 Å². The van der Waals surface area contributed by atoms with Crippen molar-refractivity contribution in [2.45, 2.75) is 24.6 Å². The zero-order valence-electron chi connectivity index (χ0n) is 20.0. The Labute approximate surface area is 220 Å². The second-order valence-corrected chi connectivity index (χ2v) is 9.14. The lowest BCUT2D eigenvalue weighted by atomic mass is 9.93. The number of piperazine rings is 1. The molecule has 5 nitrogen and oxygen atoms in total. The van der Waals surface area contributed by atoms with Crippen LogP contribution in [-0.2, 0) is 0 Å². The quantitative estimate of drug-likeness (QED) is 0.508. The Balaban J connectivity index is 0.00000171. The van der Waals surface area contributed by atoms with Gasteiger partial charge in [-0.25, -0.2) is 0 Å². The van der Waals surface area contributed by atoms with Gasteiger partial charge in [0.25, 0.3) is 0 Å². The first-order chi connectivity index (χ1) is 16.2. The van der Waals surface area contributed by atoms with Crippen molar-refractivity contribution in [3.63, 3.8) is 0 Å². The molecule has 0 bridgehead atoms. The van der Waals surface area contributed by atoms with Crippen LogP contribution in [0.4, 0.5) is 0 Å². The van der Waals surface area contributed by atoms with Gasteiger partial charge < -0.3 is 14.6 Å². The summed E-state index contributed by atoms with van der Waals surface area (Å²) in [4.78, 5) is 4.91. The van der Waals surface area contributed by atoms with Crippen molar-refractivity contribution >= 4 is 24.8 Å². The highest BCUT2D eigenvalue weighted by Gasteiger charge is 2.44. The molecule has 0 amide bonds. The molecule has 2 atom stereocenters. The molecule has 2 aliphatic heterocycles. The number of nitrogens with zero attached hydrogens (tertiary/aromatic N) is 2. The molecular formula is C28H34Cl2N2O3. The monoisotopic (exact) mass is 516 g/mol. The maximum absolute atomic E-state index is 10.4. The second kappa shape index (κ2) is 12.1. The number of hydrogen-bond acceptors (Lipinski definition) is 5. The van der Waals surface area contributed by atoms with Gasteiger partial charge in [-0.1, -0.05) is 72.8 Å². The Bertz CT molecular complexity index is 1010. The third kappa shape index (κ3) is 5.76. The summed E-state index contributed by atoms with van der Waals surface area (Å²) in [7, 11) is 0. The van der Waals surface area contributed by atoms with E-state index in [-0.39, 0.29) is 43.5 Å². The molecule has 188 valence electrons. The van der Waals surface area contributed by atoms with E-state index >= 15 is 0 Å². The summed E-state index contributed by atoms with van der Waals surface area (Å²) in [5, 5.41) is 10.4. The van der Waals surface area contributed by atoms with Crippen molar-refractivity contribution in [3.8, 4) is 11.5 Å². The van der Waals surface area contributed by atoms with Crippen molar-refractivity contribution in [2.24, 2.45) is 0 Å². The minimum absolute atomic E-state index is 0. The van der Waals surface area contributed by atoms with E-state index in [1.807, 2.05) is 31.2 Å². The molecule has 5 rings (SSSR count). The Hall–Kier alpha value is -2.28. The highest BCUT2D eigenvalue weighted by molar-refractivity contribution is 5.85. The van der Waals surface area contributed by atoms with Crippen LogP contribution in [0.5, 0.6) is 11.5 Å². The summed E-state index contributed by atoms with van der Waals surface area (Å²) in [6.45, 7) is 6.06. The maximum atomic E-state index is 10.4. The lowest BCUT2D eigenvalue weighted by Gasteiger charge is -2.48. The molecule has 0 saturated carbocycles. The third-order valence-corrected chi connectivity index (χ3v) is 6.97. The van der Waals surface area contributed by atoms with Crippen LogP contribution in [0.15, 0.2) is 84.9 Å². The average molecular weight is 517 g/mol. The predicted octanol–water partition coefficient (Wildman–Crippen LogP) is 4.83. The highest BCUT2D eigenvalue weighted by atomic mass is 35.5. The van der Waals surface area contributed by atoms with Gasteiger partial charge in [-0.05, 0) is 30.2 Å². The molecule has 1 N–H and O–H groups in total. The number of para-hydroxylation sites is 2. The molecule has 35 heavy (non-hydrogen) atoms. The van der Waals surface area contributed by atoms with Gasteiger partial charge in [0.1, 0.15) is 6.61 Å². The standard InChI is InChI=1S/C28H32N2O3.2ClH/c1-28(21-32-24-14-8-9-15-25(24)33-28)26(20-31)29-16-18-30(19-17-29)27(22-10-4-2-5-11-22)23-12-6-3-7-13-23;;/h2-15,26-27,31H,16-21H2,1H3;2*1H. The first-order valence-corrected chi connectivity index (χ1v) is 11.8. The lowest BCUT2D eigenvalue weighted by molar-refractivity contribution is -0.0878. The van der Waals surface area contributed by atoms with Gasteiger partial charge in [0.15, 0.2) is 17.1 Å². The molecule has 3 aromatic rings. The minimum atomic E-state index is -0.608. The summed E-state index contributed by atoms with van der Waals surface area (Å²) in [6, 6.07) is 29.3. The highest BCUT2D eigenvalue weighted by Crippen LogP contribution is 2.38. The third-order valence-electron chi connectivity index (χ3n) is 6.97. The van der Waals surface area contributed by atoms with E-state index < -0.39 is 5.60 Å².